The van der Waals surface area contributed by atoms with E-state index < -0.39 is 18.0 Å². The van der Waals surface area contributed by atoms with Gasteiger partial charge in [0.25, 0.3) is 0 Å². The molecule has 1 saturated carbocycles. The molecule has 30 heavy (non-hydrogen) atoms. The zero-order chi connectivity index (χ0) is 21.8. The topological polar surface area (TPSA) is 107 Å². The predicted octanol–water partition coefficient (Wildman–Crippen LogP) is 2.00. The van der Waals surface area contributed by atoms with Gasteiger partial charge < -0.3 is 20.8 Å². The second kappa shape index (κ2) is 8.11. The van der Waals surface area contributed by atoms with Crippen molar-refractivity contribution in [2.24, 2.45) is 17.6 Å². The van der Waals surface area contributed by atoms with Gasteiger partial charge in [0.1, 0.15) is 5.70 Å². The summed E-state index contributed by atoms with van der Waals surface area (Å²) in [6.45, 7) is 7.79. The molecule has 2 saturated heterocycles. The number of β-lactam (4-membered cyclic amide) rings is 1. The van der Waals surface area contributed by atoms with Gasteiger partial charge in [0, 0.05) is 34.2 Å². The van der Waals surface area contributed by atoms with Crippen LogP contribution in [0.4, 0.5) is 0 Å². The third kappa shape index (κ3) is 3.59. The Labute approximate surface area is 183 Å². The zero-order valence-electron chi connectivity index (χ0n) is 18.2. The van der Waals surface area contributed by atoms with Crippen molar-refractivity contribution in [3.8, 4) is 0 Å². The fourth-order valence-corrected chi connectivity index (χ4v) is 7.44. The van der Waals surface area contributed by atoms with Crippen molar-refractivity contribution in [1.82, 2.24) is 9.80 Å². The normalized spacial score (nSPS) is 40.5. The molecule has 1 amide bonds. The summed E-state index contributed by atoms with van der Waals surface area (Å²) in [6.07, 6.45) is 5.74. The van der Waals surface area contributed by atoms with Crippen molar-refractivity contribution in [2.75, 3.05) is 13.1 Å². The van der Waals surface area contributed by atoms with Gasteiger partial charge >= 0.3 is 5.97 Å². The van der Waals surface area contributed by atoms with Crippen LogP contribution in [0.3, 0.4) is 0 Å². The number of carboxylic acid groups (broad SMARTS) is 1. The first-order valence-electron chi connectivity index (χ1n) is 11.3. The molecule has 0 unspecified atom stereocenters. The van der Waals surface area contributed by atoms with E-state index in [0.29, 0.717) is 11.3 Å². The Morgan fingerprint density at radius 3 is 2.57 bits per heavy atom. The Bertz CT molecular complexity index is 747. The van der Waals surface area contributed by atoms with E-state index >= 15 is 0 Å². The van der Waals surface area contributed by atoms with Gasteiger partial charge in [-0.1, -0.05) is 13.8 Å². The monoisotopic (exact) mass is 437 g/mol. The number of thioether (sulfide) groups is 1. The van der Waals surface area contributed by atoms with Crippen LogP contribution in [-0.4, -0.2) is 74.0 Å². The Kier molecular flexibility index (Phi) is 5.98. The van der Waals surface area contributed by atoms with Gasteiger partial charge in [-0.2, -0.15) is 0 Å². The highest BCUT2D eigenvalue weighted by Gasteiger charge is 2.60. The lowest BCUT2D eigenvalue weighted by atomic mass is 9.78. The summed E-state index contributed by atoms with van der Waals surface area (Å²) in [7, 11) is 0. The van der Waals surface area contributed by atoms with Crippen molar-refractivity contribution in [3.05, 3.63) is 10.6 Å². The Balaban J connectivity index is 1.42. The van der Waals surface area contributed by atoms with E-state index in [9.17, 15) is 19.8 Å². The van der Waals surface area contributed by atoms with Crippen LogP contribution >= 0.6 is 11.8 Å². The molecule has 0 radical (unpaired) electrons. The highest BCUT2D eigenvalue weighted by Crippen LogP contribution is 2.52. The van der Waals surface area contributed by atoms with Crippen LogP contribution in [0.1, 0.15) is 59.3 Å². The minimum Gasteiger partial charge on any atom is -0.477 e. The van der Waals surface area contributed by atoms with Gasteiger partial charge in [0.15, 0.2) is 0 Å². The van der Waals surface area contributed by atoms with E-state index in [2.05, 4.69) is 11.8 Å². The molecule has 0 aromatic carbocycles. The lowest BCUT2D eigenvalue weighted by Gasteiger charge is -2.46. The molecule has 0 bridgehead atoms. The molecule has 7 nitrogen and oxygen atoms in total. The molecule has 3 heterocycles. The number of nitrogens with two attached hydrogens (primary N) is 1. The number of fused-ring (bicyclic) bond motifs is 1. The fourth-order valence-electron chi connectivity index (χ4n) is 5.94. The molecule has 1 aliphatic carbocycles. The van der Waals surface area contributed by atoms with E-state index in [1.165, 1.54) is 4.90 Å². The average Bonchev–Trinajstić information content (AvgIpc) is 3.25. The van der Waals surface area contributed by atoms with Gasteiger partial charge in [-0.25, -0.2) is 4.79 Å². The van der Waals surface area contributed by atoms with Crippen LogP contribution in [0.5, 0.6) is 0 Å². The number of hydrogen-bond acceptors (Lipinski definition) is 6. The highest BCUT2D eigenvalue weighted by molar-refractivity contribution is 8.03. The maximum absolute atomic E-state index is 12.5. The van der Waals surface area contributed by atoms with Gasteiger partial charge in [-0.3, -0.25) is 9.69 Å². The van der Waals surface area contributed by atoms with Crippen LogP contribution in [0, 0.1) is 11.8 Å². The number of carbonyl (C=O) groups excluding carboxylic acids is 1. The summed E-state index contributed by atoms with van der Waals surface area (Å²) in [5, 5.41) is 20.2. The van der Waals surface area contributed by atoms with Gasteiger partial charge in [0.2, 0.25) is 5.91 Å². The molecule has 4 N–H and O–H groups in total. The summed E-state index contributed by atoms with van der Waals surface area (Å²) in [4.78, 5) is 29.3. The van der Waals surface area contributed by atoms with Crippen LogP contribution in [0.25, 0.3) is 0 Å². The third-order valence-electron chi connectivity index (χ3n) is 7.95. The zero-order valence-corrected chi connectivity index (χ0v) is 19.0. The molecule has 3 fully saturated rings. The summed E-state index contributed by atoms with van der Waals surface area (Å²) < 4.78 is 0. The van der Waals surface area contributed by atoms with Gasteiger partial charge in [-0.15, -0.1) is 11.8 Å². The Morgan fingerprint density at radius 2 is 2.00 bits per heavy atom. The second-order valence-corrected chi connectivity index (χ2v) is 11.1. The summed E-state index contributed by atoms with van der Waals surface area (Å²) >= 11 is 1.65. The first kappa shape index (κ1) is 22.1. The van der Waals surface area contributed by atoms with Gasteiger partial charge in [0.05, 0.1) is 18.1 Å². The number of carbonyl (C=O) groups is 2. The quantitative estimate of drug-likeness (QED) is 0.546. The van der Waals surface area contributed by atoms with E-state index in [0.717, 1.165) is 56.5 Å². The molecule has 4 rings (SSSR count). The number of rotatable bonds is 6. The van der Waals surface area contributed by atoms with E-state index in [1.54, 1.807) is 18.7 Å². The molecule has 4 aliphatic rings. The lowest BCUT2D eigenvalue weighted by molar-refractivity contribution is -0.163. The largest absolute Gasteiger partial charge is 0.477 e. The van der Waals surface area contributed by atoms with Crippen molar-refractivity contribution in [2.45, 2.75) is 88.3 Å². The molecule has 0 aromatic rings. The number of nitrogens with zero attached hydrogens (tertiary/aromatic N) is 2. The minimum atomic E-state index is -1.04. The van der Waals surface area contributed by atoms with Crippen molar-refractivity contribution in [1.29, 1.82) is 0 Å². The molecule has 5 atom stereocenters. The van der Waals surface area contributed by atoms with Crippen LogP contribution in [0.15, 0.2) is 10.6 Å². The number of aliphatic hydroxyl groups is 1. The van der Waals surface area contributed by atoms with E-state index in [-0.39, 0.29) is 29.1 Å². The van der Waals surface area contributed by atoms with Crippen molar-refractivity contribution in [3.63, 3.8) is 0 Å². The number of hydrogen-bond donors (Lipinski definition) is 3. The van der Waals surface area contributed by atoms with E-state index in [4.69, 9.17) is 5.73 Å². The summed E-state index contributed by atoms with van der Waals surface area (Å²) in [5.74, 6) is -1.84. The molecule has 0 aromatic heterocycles. The van der Waals surface area contributed by atoms with Crippen molar-refractivity contribution < 1.29 is 19.8 Å². The first-order valence-corrected chi connectivity index (χ1v) is 12.2. The van der Waals surface area contributed by atoms with Crippen molar-refractivity contribution >= 4 is 23.6 Å². The number of amides is 1. The summed E-state index contributed by atoms with van der Waals surface area (Å²) in [5.41, 5.74) is 6.61. The Morgan fingerprint density at radius 1 is 1.33 bits per heavy atom. The lowest BCUT2D eigenvalue weighted by Crippen LogP contribution is -2.63. The van der Waals surface area contributed by atoms with Gasteiger partial charge in [-0.05, 0) is 52.0 Å². The molecule has 0 spiro atoms. The Hall–Kier alpha value is -1.09. The van der Waals surface area contributed by atoms with Crippen LogP contribution in [-0.2, 0) is 9.59 Å². The number of carboxylic acids is 1. The molecule has 8 heteroatoms. The second-order valence-electron chi connectivity index (χ2n) is 9.74. The highest BCUT2D eigenvalue weighted by atomic mass is 32.2. The predicted molar refractivity (Wildman–Crippen MR) is 117 cm³/mol. The molecule has 168 valence electrons. The maximum Gasteiger partial charge on any atom is 0.353 e. The maximum atomic E-state index is 12.5. The molecule has 3 aliphatic heterocycles. The average molecular weight is 438 g/mol. The van der Waals surface area contributed by atoms with Crippen LogP contribution in [0.2, 0.25) is 0 Å². The first-order chi connectivity index (χ1) is 14.2. The standard InChI is InChI=1S/C22H35N3O4S/c1-4-22(23)8-5-14(6-9-22)24-10-7-15(11-24)30-19-12(2)17-16(13(3)26)20(27)25(17)18(19)21(28)29/h12-17,26H,4-11,23H2,1-3H3,(H,28,29)/t12-,13-,14?,15-,16-,17-,22?/m1/s1. The smallest absolute Gasteiger partial charge is 0.353 e. The van der Waals surface area contributed by atoms with Crippen LogP contribution < -0.4 is 5.73 Å². The minimum absolute atomic E-state index is 0.00546. The van der Waals surface area contributed by atoms with E-state index in [1.807, 2.05) is 6.92 Å². The molecular weight excluding hydrogens is 402 g/mol. The SMILES string of the molecule is CCC1(N)CCC(N2CC[C@@H](SC3=C(C(=O)O)N4C(=O)[C@H]([C@@H](C)O)[C@H]4[C@H]3C)C2)CC1. The number of aliphatic hydroxyl groups excluding tert-OH is 1. The molecular formula is C22H35N3O4S. The fraction of sp³-hybridized carbons (Fsp3) is 0.818. The summed E-state index contributed by atoms with van der Waals surface area (Å²) in [6, 6.07) is 0.350. The third-order valence-corrected chi connectivity index (χ3v) is 9.49. The number of aliphatic carboxylic acids is 1. The number of likely N-dealkylation sites (tertiary alicyclic amines) is 1.